The van der Waals surface area contributed by atoms with Gasteiger partial charge in [0.2, 0.25) is 5.75 Å². The molecule has 2 aromatic rings. The number of benzene rings is 1. The summed E-state index contributed by atoms with van der Waals surface area (Å²) in [6.45, 7) is 6.61. The Morgan fingerprint density at radius 3 is 2.20 bits per heavy atom. The number of aliphatic hydroxyl groups is 1. The molecule has 3 heterocycles. The van der Waals surface area contributed by atoms with Crippen molar-refractivity contribution < 1.29 is 43.2 Å². The molecular weight excluding hydrogens is 522 g/mol. The lowest BCUT2D eigenvalue weighted by atomic mass is 9.93. The molecule has 0 saturated carbocycles. The summed E-state index contributed by atoms with van der Waals surface area (Å²) in [6, 6.07) is 2.35. The van der Waals surface area contributed by atoms with E-state index < -0.39 is 29.5 Å². The molecule has 0 unspecified atom stereocenters. The topological polar surface area (TPSA) is 140 Å². The zero-order valence-electron chi connectivity index (χ0n) is 23.6. The van der Waals surface area contributed by atoms with Crippen molar-refractivity contribution in [3.05, 3.63) is 45.8 Å². The molecule has 2 fully saturated rings. The van der Waals surface area contributed by atoms with Gasteiger partial charge in [-0.3, -0.25) is 14.5 Å². The average molecular weight is 558 g/mol. The summed E-state index contributed by atoms with van der Waals surface area (Å²) >= 11 is 0. The molecular formula is C28H35N3O9. The number of aryl methyl sites for hydroxylation is 1. The SMILES string of the molecule is COC(=O)c1[nH]c(C)c(C(O)=C2C(=O)C(=O)N(CCN3CCOCC3)[C@@H]2c2cc(OC)c(OC)c(OC)c2)c1C. The number of aromatic nitrogens is 1. The van der Waals surface area contributed by atoms with Crippen LogP contribution in [0, 0.1) is 13.8 Å². The zero-order valence-corrected chi connectivity index (χ0v) is 23.6. The van der Waals surface area contributed by atoms with Crippen molar-refractivity contribution in [2.45, 2.75) is 19.9 Å². The number of likely N-dealkylation sites (tertiary alicyclic amines) is 1. The second kappa shape index (κ2) is 12.0. The van der Waals surface area contributed by atoms with E-state index >= 15 is 0 Å². The Balaban J connectivity index is 1.90. The molecule has 1 amide bonds. The van der Waals surface area contributed by atoms with Gasteiger partial charge in [0, 0.05) is 37.4 Å². The third-order valence-corrected chi connectivity index (χ3v) is 7.37. The first-order valence-electron chi connectivity index (χ1n) is 12.8. The molecule has 12 heteroatoms. The number of morpholine rings is 1. The number of hydrogen-bond acceptors (Lipinski definition) is 10. The van der Waals surface area contributed by atoms with Crippen LogP contribution in [0.4, 0.5) is 0 Å². The van der Waals surface area contributed by atoms with Crippen molar-refractivity contribution >= 4 is 23.4 Å². The number of H-pyrrole nitrogens is 1. The molecule has 0 bridgehead atoms. The number of esters is 1. The second-order valence-electron chi connectivity index (χ2n) is 9.52. The van der Waals surface area contributed by atoms with Crippen LogP contribution in [-0.2, 0) is 19.1 Å². The average Bonchev–Trinajstić information content (AvgIpc) is 3.41. The molecule has 0 aliphatic carbocycles. The van der Waals surface area contributed by atoms with Gasteiger partial charge in [0.15, 0.2) is 11.5 Å². The quantitative estimate of drug-likeness (QED) is 0.204. The van der Waals surface area contributed by atoms with Gasteiger partial charge in [-0.1, -0.05) is 0 Å². The van der Waals surface area contributed by atoms with Gasteiger partial charge in [0.1, 0.15) is 11.5 Å². The first-order chi connectivity index (χ1) is 19.2. The summed E-state index contributed by atoms with van der Waals surface area (Å²) in [6.07, 6.45) is 0. The van der Waals surface area contributed by atoms with Gasteiger partial charge in [-0.2, -0.15) is 0 Å². The predicted molar refractivity (Wildman–Crippen MR) is 144 cm³/mol. The Morgan fingerprint density at radius 1 is 1.02 bits per heavy atom. The van der Waals surface area contributed by atoms with E-state index in [0.29, 0.717) is 66.9 Å². The van der Waals surface area contributed by atoms with E-state index in [2.05, 4.69) is 9.88 Å². The molecule has 2 aliphatic rings. The molecule has 2 N–H and O–H groups in total. The van der Waals surface area contributed by atoms with Crippen LogP contribution in [0.1, 0.15) is 38.9 Å². The third-order valence-electron chi connectivity index (χ3n) is 7.37. The number of Topliss-reactive ketones (excluding diaryl/α,β-unsaturated/α-hetero) is 1. The fourth-order valence-corrected chi connectivity index (χ4v) is 5.34. The number of carbonyl (C=O) groups excluding carboxylic acids is 3. The van der Waals surface area contributed by atoms with E-state index in [0.717, 1.165) is 0 Å². The van der Waals surface area contributed by atoms with Gasteiger partial charge in [-0.15, -0.1) is 0 Å². The number of amides is 1. The fourth-order valence-electron chi connectivity index (χ4n) is 5.34. The van der Waals surface area contributed by atoms with E-state index in [1.54, 1.807) is 26.0 Å². The van der Waals surface area contributed by atoms with Crippen LogP contribution in [0.5, 0.6) is 17.2 Å². The number of ether oxygens (including phenoxy) is 5. The standard InChI is InChI=1S/C28H35N3O9/c1-15-20(16(2)29-22(15)28(35)39-6)24(32)21-23(17-13-18(36-3)26(38-5)19(14-17)37-4)31(27(34)25(21)33)8-7-30-9-11-40-12-10-30/h13-14,23,29,32H,7-12H2,1-6H3/t23-/m1/s1. The molecule has 2 aliphatic heterocycles. The maximum absolute atomic E-state index is 13.6. The van der Waals surface area contributed by atoms with Gasteiger partial charge in [-0.05, 0) is 37.1 Å². The number of rotatable bonds is 9. The van der Waals surface area contributed by atoms with Gasteiger partial charge >= 0.3 is 5.97 Å². The summed E-state index contributed by atoms with van der Waals surface area (Å²) in [5, 5.41) is 11.7. The van der Waals surface area contributed by atoms with Crippen LogP contribution in [0.15, 0.2) is 17.7 Å². The van der Waals surface area contributed by atoms with Crippen LogP contribution in [-0.4, -0.2) is 105 Å². The van der Waals surface area contributed by atoms with Gasteiger partial charge < -0.3 is 38.7 Å². The second-order valence-corrected chi connectivity index (χ2v) is 9.52. The van der Waals surface area contributed by atoms with Gasteiger partial charge in [0.25, 0.3) is 11.7 Å². The fraction of sp³-hybridized carbons (Fsp3) is 0.464. The Labute approximate surface area is 232 Å². The van der Waals surface area contributed by atoms with E-state index in [9.17, 15) is 19.5 Å². The van der Waals surface area contributed by atoms with E-state index in [1.807, 2.05) is 0 Å². The van der Waals surface area contributed by atoms with Crippen molar-refractivity contribution in [3.63, 3.8) is 0 Å². The van der Waals surface area contributed by atoms with Crippen LogP contribution in [0.2, 0.25) is 0 Å². The maximum Gasteiger partial charge on any atom is 0.354 e. The molecule has 216 valence electrons. The van der Waals surface area contributed by atoms with Crippen molar-refractivity contribution in [1.82, 2.24) is 14.8 Å². The number of nitrogens with one attached hydrogen (secondary N) is 1. The van der Waals surface area contributed by atoms with Crippen molar-refractivity contribution in [2.24, 2.45) is 0 Å². The highest BCUT2D eigenvalue weighted by Gasteiger charge is 2.47. The molecule has 40 heavy (non-hydrogen) atoms. The van der Waals surface area contributed by atoms with Crippen molar-refractivity contribution in [2.75, 3.05) is 67.8 Å². The third kappa shape index (κ3) is 5.11. The van der Waals surface area contributed by atoms with Gasteiger partial charge in [0.05, 0.1) is 53.3 Å². The maximum atomic E-state index is 13.6. The van der Waals surface area contributed by atoms with Gasteiger partial charge in [-0.25, -0.2) is 4.79 Å². The summed E-state index contributed by atoms with van der Waals surface area (Å²) in [5.41, 5.74) is 1.61. The largest absolute Gasteiger partial charge is 0.507 e. The number of hydrogen-bond donors (Lipinski definition) is 2. The molecule has 12 nitrogen and oxygen atoms in total. The van der Waals surface area contributed by atoms with Crippen LogP contribution in [0.3, 0.4) is 0 Å². The van der Waals surface area contributed by atoms with Crippen LogP contribution in [0.25, 0.3) is 5.76 Å². The van der Waals surface area contributed by atoms with Crippen molar-refractivity contribution in [3.8, 4) is 17.2 Å². The number of aromatic amines is 1. The number of ketones is 1. The van der Waals surface area contributed by atoms with E-state index in [-0.39, 0.29) is 23.4 Å². The molecule has 1 aromatic carbocycles. The van der Waals surface area contributed by atoms with Crippen LogP contribution >= 0.6 is 0 Å². The molecule has 2 saturated heterocycles. The summed E-state index contributed by atoms with van der Waals surface area (Å²) in [5.74, 6) is -1.58. The minimum atomic E-state index is -0.968. The van der Waals surface area contributed by atoms with E-state index in [4.69, 9.17) is 23.7 Å². The minimum absolute atomic E-state index is 0.108. The highest BCUT2D eigenvalue weighted by Crippen LogP contribution is 2.46. The number of carbonyl (C=O) groups is 3. The first-order valence-corrected chi connectivity index (χ1v) is 12.8. The number of aliphatic hydroxyl groups excluding tert-OH is 1. The smallest absolute Gasteiger partial charge is 0.354 e. The number of methoxy groups -OCH3 is 4. The Kier molecular flexibility index (Phi) is 8.70. The lowest BCUT2D eigenvalue weighted by molar-refractivity contribution is -0.140. The summed E-state index contributed by atoms with van der Waals surface area (Å²) < 4.78 is 26.8. The first kappa shape index (κ1) is 29.0. The van der Waals surface area contributed by atoms with E-state index in [1.165, 1.54) is 33.3 Å². The highest BCUT2D eigenvalue weighted by atomic mass is 16.5. The lowest BCUT2D eigenvalue weighted by Gasteiger charge is -2.31. The summed E-state index contributed by atoms with van der Waals surface area (Å²) in [4.78, 5) is 45.9. The Hall–Kier alpha value is -4.03. The molecule has 0 radical (unpaired) electrons. The normalized spacial score (nSPS) is 19.1. The molecule has 1 atom stereocenters. The Morgan fingerprint density at radius 2 is 1.65 bits per heavy atom. The predicted octanol–water partition coefficient (Wildman–Crippen LogP) is 2.20. The summed E-state index contributed by atoms with van der Waals surface area (Å²) in [7, 11) is 5.67. The van der Waals surface area contributed by atoms with Crippen LogP contribution < -0.4 is 14.2 Å². The molecule has 0 spiro atoms. The lowest BCUT2D eigenvalue weighted by Crippen LogP contribution is -2.42. The molecule has 1 aromatic heterocycles. The van der Waals surface area contributed by atoms with Crippen molar-refractivity contribution in [1.29, 1.82) is 0 Å². The number of nitrogens with zero attached hydrogens (tertiary/aromatic N) is 2. The minimum Gasteiger partial charge on any atom is -0.507 e. The highest BCUT2D eigenvalue weighted by molar-refractivity contribution is 6.46. The monoisotopic (exact) mass is 557 g/mol. The Bertz CT molecular complexity index is 1320. The molecule has 4 rings (SSSR count). The zero-order chi connectivity index (χ0) is 29.1.